The molecule has 0 unspecified atom stereocenters. The van der Waals surface area contributed by atoms with Crippen LogP contribution in [0, 0.1) is 11.2 Å². The Morgan fingerprint density at radius 3 is 2.35 bits per heavy atom. The maximum atomic E-state index is 14.5. The van der Waals surface area contributed by atoms with Crippen molar-refractivity contribution in [3.05, 3.63) is 24.0 Å². The van der Waals surface area contributed by atoms with Gasteiger partial charge < -0.3 is 18.8 Å². The number of rotatable bonds is 10. The third kappa shape index (κ3) is 6.29. The van der Waals surface area contributed by atoms with Crippen LogP contribution in [0.4, 0.5) is 4.39 Å². The van der Waals surface area contributed by atoms with Gasteiger partial charge in [0.15, 0.2) is 11.6 Å². The zero-order valence-electron chi connectivity index (χ0n) is 16.8. The number of ether oxygens (including phenoxy) is 2. The standard InChI is InChI=1S/C19H30BFO5/c1-8-19(5,6)26-20(25-9-2)14-10-11-16(15(21)12-14)24-13-18(3,4)17(22)23-7/h10-12H,8-9,13H2,1-7H3. The molecule has 0 fully saturated rings. The summed E-state index contributed by atoms with van der Waals surface area (Å²) < 4.78 is 36.3. The summed E-state index contributed by atoms with van der Waals surface area (Å²) in [7, 11) is 0.649. The molecule has 0 heterocycles. The van der Waals surface area contributed by atoms with E-state index in [1.54, 1.807) is 19.9 Å². The molecular weight excluding hydrogens is 338 g/mol. The highest BCUT2D eigenvalue weighted by atomic mass is 19.1. The van der Waals surface area contributed by atoms with E-state index in [0.29, 0.717) is 12.1 Å². The van der Waals surface area contributed by atoms with Gasteiger partial charge in [-0.15, -0.1) is 0 Å². The van der Waals surface area contributed by atoms with Crippen molar-refractivity contribution in [1.82, 2.24) is 0 Å². The summed E-state index contributed by atoms with van der Waals surface area (Å²) in [5.41, 5.74) is -0.691. The van der Waals surface area contributed by atoms with Crippen molar-refractivity contribution < 1.29 is 28.0 Å². The van der Waals surface area contributed by atoms with E-state index in [4.69, 9.17) is 18.8 Å². The average molecular weight is 368 g/mol. The summed E-state index contributed by atoms with van der Waals surface area (Å²) in [6.07, 6.45) is 0.795. The molecule has 0 N–H and O–H groups in total. The van der Waals surface area contributed by atoms with Crippen LogP contribution in [0.1, 0.15) is 48.0 Å². The van der Waals surface area contributed by atoms with Gasteiger partial charge >= 0.3 is 13.1 Å². The Morgan fingerprint density at radius 2 is 1.85 bits per heavy atom. The molecule has 146 valence electrons. The second-order valence-corrected chi connectivity index (χ2v) is 7.37. The van der Waals surface area contributed by atoms with Crippen LogP contribution in [0.2, 0.25) is 0 Å². The zero-order chi connectivity index (χ0) is 20.0. The van der Waals surface area contributed by atoms with Gasteiger partial charge in [0, 0.05) is 12.2 Å². The van der Waals surface area contributed by atoms with Crippen molar-refractivity contribution in [1.29, 1.82) is 0 Å². The van der Waals surface area contributed by atoms with Gasteiger partial charge in [-0.3, -0.25) is 4.79 Å². The van der Waals surface area contributed by atoms with Gasteiger partial charge in [0.1, 0.15) is 6.61 Å². The molecule has 7 heteroatoms. The van der Waals surface area contributed by atoms with Crippen LogP contribution in [-0.2, 0) is 18.8 Å². The minimum Gasteiger partial charge on any atom is -0.489 e. The molecule has 1 rings (SSSR count). The Labute approximate surface area is 156 Å². The number of hydrogen-bond acceptors (Lipinski definition) is 5. The molecule has 26 heavy (non-hydrogen) atoms. The predicted octanol–water partition coefficient (Wildman–Crippen LogP) is 3.34. The molecule has 5 nitrogen and oxygen atoms in total. The second-order valence-electron chi connectivity index (χ2n) is 7.37. The molecule has 0 atom stereocenters. The number of carbonyl (C=O) groups excluding carboxylic acids is 1. The zero-order valence-corrected chi connectivity index (χ0v) is 16.8. The molecule has 0 amide bonds. The first-order valence-electron chi connectivity index (χ1n) is 8.86. The summed E-state index contributed by atoms with van der Waals surface area (Å²) >= 11 is 0. The topological polar surface area (TPSA) is 54.0 Å². The smallest absolute Gasteiger partial charge is 0.489 e. The van der Waals surface area contributed by atoms with Gasteiger partial charge in [-0.25, -0.2) is 4.39 Å². The Kier molecular flexibility index (Phi) is 8.09. The molecule has 0 aliphatic carbocycles. The van der Waals surface area contributed by atoms with Gasteiger partial charge in [-0.1, -0.05) is 13.0 Å². The molecule has 1 aromatic carbocycles. The number of methoxy groups -OCH3 is 1. The van der Waals surface area contributed by atoms with Crippen LogP contribution >= 0.6 is 0 Å². The largest absolute Gasteiger partial charge is 0.494 e. The van der Waals surface area contributed by atoms with Crippen molar-refractivity contribution in [2.24, 2.45) is 5.41 Å². The van der Waals surface area contributed by atoms with E-state index < -0.39 is 29.9 Å². The summed E-state index contributed by atoms with van der Waals surface area (Å²) in [5, 5.41) is 0. The first-order chi connectivity index (χ1) is 12.1. The second kappa shape index (κ2) is 9.37. The molecule has 0 aliphatic rings. The van der Waals surface area contributed by atoms with Crippen molar-refractivity contribution >= 4 is 18.6 Å². The van der Waals surface area contributed by atoms with E-state index in [0.717, 1.165) is 6.42 Å². The van der Waals surface area contributed by atoms with Crippen molar-refractivity contribution in [3.8, 4) is 5.75 Å². The van der Waals surface area contributed by atoms with Crippen LogP contribution in [0.25, 0.3) is 0 Å². The SMILES string of the molecule is CCOB(OC(C)(C)CC)c1ccc(OCC(C)(C)C(=O)OC)c(F)c1. The van der Waals surface area contributed by atoms with Gasteiger partial charge in [0.25, 0.3) is 0 Å². The first-order valence-corrected chi connectivity index (χ1v) is 8.86. The third-order valence-corrected chi connectivity index (χ3v) is 4.15. The van der Waals surface area contributed by atoms with Gasteiger partial charge in [-0.2, -0.15) is 0 Å². The Bertz CT molecular complexity index is 604. The fourth-order valence-electron chi connectivity index (χ4n) is 2.10. The first kappa shape index (κ1) is 22.4. The number of hydrogen-bond donors (Lipinski definition) is 0. The Morgan fingerprint density at radius 1 is 1.19 bits per heavy atom. The van der Waals surface area contributed by atoms with Gasteiger partial charge in [0.2, 0.25) is 0 Å². The molecular formula is C19H30BFO5. The fourth-order valence-corrected chi connectivity index (χ4v) is 2.10. The third-order valence-electron chi connectivity index (χ3n) is 4.15. The highest BCUT2D eigenvalue weighted by molar-refractivity contribution is 6.61. The lowest BCUT2D eigenvalue weighted by Gasteiger charge is -2.28. The summed E-state index contributed by atoms with van der Waals surface area (Å²) in [5.74, 6) is -0.886. The average Bonchev–Trinajstić information content (AvgIpc) is 2.59. The van der Waals surface area contributed by atoms with Crippen molar-refractivity contribution in [3.63, 3.8) is 0 Å². The van der Waals surface area contributed by atoms with Gasteiger partial charge in [0.05, 0.1) is 12.5 Å². The molecule has 0 spiro atoms. The van der Waals surface area contributed by atoms with E-state index in [9.17, 15) is 9.18 Å². The van der Waals surface area contributed by atoms with Gasteiger partial charge in [-0.05, 0) is 58.6 Å². The summed E-state index contributed by atoms with van der Waals surface area (Å²) in [6.45, 7) is 11.6. The number of carbonyl (C=O) groups is 1. The molecule has 0 aliphatic heterocycles. The Hall–Kier alpha value is -1.60. The highest BCUT2D eigenvalue weighted by Gasteiger charge is 2.31. The van der Waals surface area contributed by atoms with Crippen molar-refractivity contribution in [2.45, 2.75) is 53.6 Å². The quantitative estimate of drug-likeness (QED) is 0.468. The lowest BCUT2D eigenvalue weighted by molar-refractivity contribution is -0.152. The maximum Gasteiger partial charge on any atom is 0.494 e. The van der Waals surface area contributed by atoms with Crippen LogP contribution in [0.3, 0.4) is 0 Å². The number of esters is 1. The minimum atomic E-state index is -0.873. The van der Waals surface area contributed by atoms with E-state index in [2.05, 4.69) is 0 Å². The normalized spacial score (nSPS) is 12.0. The highest BCUT2D eigenvalue weighted by Crippen LogP contribution is 2.22. The van der Waals surface area contributed by atoms with Crippen molar-refractivity contribution in [2.75, 3.05) is 20.3 Å². The summed E-state index contributed by atoms with van der Waals surface area (Å²) in [4.78, 5) is 11.7. The lowest BCUT2D eigenvalue weighted by Crippen LogP contribution is -2.44. The molecule has 0 bridgehead atoms. The van der Waals surface area contributed by atoms with Crippen LogP contribution in [0.15, 0.2) is 18.2 Å². The molecule has 0 saturated carbocycles. The van der Waals surface area contributed by atoms with E-state index in [1.165, 1.54) is 19.2 Å². The molecule has 0 saturated heterocycles. The monoisotopic (exact) mass is 368 g/mol. The molecule has 0 radical (unpaired) electrons. The molecule has 0 aromatic heterocycles. The lowest BCUT2D eigenvalue weighted by atomic mass is 9.77. The van der Waals surface area contributed by atoms with E-state index in [-0.39, 0.29) is 12.4 Å². The summed E-state index contributed by atoms with van der Waals surface area (Å²) in [6, 6.07) is 4.56. The van der Waals surface area contributed by atoms with Crippen LogP contribution in [0.5, 0.6) is 5.75 Å². The Balaban J connectivity index is 2.92. The number of halogens is 1. The molecule has 1 aromatic rings. The van der Waals surface area contributed by atoms with Crippen LogP contribution in [-0.4, -0.2) is 39.0 Å². The maximum absolute atomic E-state index is 14.5. The van der Waals surface area contributed by atoms with Crippen LogP contribution < -0.4 is 10.2 Å². The van der Waals surface area contributed by atoms with E-state index in [1.807, 2.05) is 27.7 Å². The van der Waals surface area contributed by atoms with E-state index >= 15 is 0 Å². The minimum absolute atomic E-state index is 0.00416. The fraction of sp³-hybridized carbons (Fsp3) is 0.632. The predicted molar refractivity (Wildman–Crippen MR) is 100 cm³/mol. The number of benzene rings is 1.